The molecule has 1 atom stereocenters. The van der Waals surface area contributed by atoms with Gasteiger partial charge in [0.15, 0.2) is 17.4 Å². The maximum absolute atomic E-state index is 13.8. The predicted molar refractivity (Wildman–Crippen MR) is 140 cm³/mol. The molecule has 0 aromatic heterocycles. The van der Waals surface area contributed by atoms with Crippen molar-refractivity contribution in [2.45, 2.75) is 12.5 Å². The summed E-state index contributed by atoms with van der Waals surface area (Å²) in [6, 6.07) is 21.4. The summed E-state index contributed by atoms with van der Waals surface area (Å²) >= 11 is 0. The number of carbonyl (C=O) groups is 1. The lowest BCUT2D eigenvalue weighted by atomic mass is 10.0. The van der Waals surface area contributed by atoms with Crippen LogP contribution in [0.3, 0.4) is 0 Å². The molecule has 1 heterocycles. The van der Waals surface area contributed by atoms with Crippen molar-refractivity contribution in [1.82, 2.24) is 5.32 Å². The minimum absolute atomic E-state index is 0.00790. The average molecular weight is 530 g/mol. The number of anilines is 1. The summed E-state index contributed by atoms with van der Waals surface area (Å²) in [5, 5.41) is 15.2. The van der Waals surface area contributed by atoms with Gasteiger partial charge in [-0.25, -0.2) is 8.78 Å². The van der Waals surface area contributed by atoms with Crippen molar-refractivity contribution in [2.24, 2.45) is 0 Å². The fourth-order valence-electron chi connectivity index (χ4n) is 4.40. The summed E-state index contributed by atoms with van der Waals surface area (Å²) in [7, 11) is 0. The van der Waals surface area contributed by atoms with Crippen LogP contribution in [-0.4, -0.2) is 25.1 Å². The van der Waals surface area contributed by atoms with E-state index in [0.29, 0.717) is 17.0 Å². The lowest BCUT2D eigenvalue weighted by molar-refractivity contribution is -0.00547. The maximum Gasteiger partial charge on any atom is 0.255 e. The molecule has 1 aliphatic rings. The summed E-state index contributed by atoms with van der Waals surface area (Å²) < 4.78 is 46.6. The van der Waals surface area contributed by atoms with Crippen LogP contribution in [0.25, 0.3) is 22.3 Å². The van der Waals surface area contributed by atoms with E-state index in [2.05, 4.69) is 21.6 Å². The molecule has 1 amide bonds. The second-order valence-electron chi connectivity index (χ2n) is 9.00. The standard InChI is InChI=1S/C30H22F3N3O3/c31-26-8-5-20(14-27(26)32)24-13-21(6-9-29(24)39-33)30(37)36-22-7-10-28(38-23-11-12-35-17-23)25(15-22)19-3-1-18(16-34)2-4-19/h1-10,13-15,23,35H,11-12,17H2,(H,36,37). The first-order valence-corrected chi connectivity index (χ1v) is 12.2. The zero-order chi connectivity index (χ0) is 27.4. The van der Waals surface area contributed by atoms with Crippen molar-refractivity contribution in [3.05, 3.63) is 102 Å². The van der Waals surface area contributed by atoms with Gasteiger partial charge in [0.25, 0.3) is 5.91 Å². The van der Waals surface area contributed by atoms with Crippen molar-refractivity contribution in [3.8, 4) is 39.8 Å². The van der Waals surface area contributed by atoms with Crippen LogP contribution in [0.1, 0.15) is 22.3 Å². The summed E-state index contributed by atoms with van der Waals surface area (Å²) in [6.07, 6.45) is 0.873. The van der Waals surface area contributed by atoms with Gasteiger partial charge in [-0.2, -0.15) is 5.26 Å². The van der Waals surface area contributed by atoms with Gasteiger partial charge in [0.2, 0.25) is 0 Å². The molecule has 4 aromatic carbocycles. The molecule has 0 saturated carbocycles. The van der Waals surface area contributed by atoms with Gasteiger partial charge in [-0.1, -0.05) is 18.2 Å². The minimum Gasteiger partial charge on any atom is -0.488 e. The minimum atomic E-state index is -1.11. The highest BCUT2D eigenvalue weighted by Crippen LogP contribution is 2.35. The molecule has 39 heavy (non-hydrogen) atoms. The van der Waals surface area contributed by atoms with Crippen molar-refractivity contribution >= 4 is 11.6 Å². The first-order valence-electron chi connectivity index (χ1n) is 12.2. The molecule has 5 rings (SSSR count). The molecule has 1 unspecified atom stereocenters. The van der Waals surface area contributed by atoms with E-state index in [1.54, 1.807) is 30.3 Å². The molecule has 9 heteroatoms. The number of amides is 1. The molecule has 0 spiro atoms. The van der Waals surface area contributed by atoms with E-state index < -0.39 is 17.5 Å². The highest BCUT2D eigenvalue weighted by Gasteiger charge is 2.20. The fourth-order valence-corrected chi connectivity index (χ4v) is 4.40. The second kappa shape index (κ2) is 11.3. The molecule has 0 bridgehead atoms. The molecule has 1 saturated heterocycles. The van der Waals surface area contributed by atoms with E-state index in [1.807, 2.05) is 12.1 Å². The average Bonchev–Trinajstić information content (AvgIpc) is 3.48. The van der Waals surface area contributed by atoms with Crippen LogP contribution in [0.2, 0.25) is 0 Å². The maximum atomic E-state index is 13.8. The quantitative estimate of drug-likeness (QED) is 0.288. The van der Waals surface area contributed by atoms with E-state index in [1.165, 1.54) is 24.3 Å². The normalized spacial score (nSPS) is 14.5. The zero-order valence-corrected chi connectivity index (χ0v) is 20.5. The number of ether oxygens (including phenoxy) is 1. The SMILES string of the molecule is N#Cc1ccc(-c2cc(NC(=O)c3ccc(OF)c(-c4ccc(F)c(F)c4)c3)ccc2OC2CCNC2)cc1. The van der Waals surface area contributed by atoms with Crippen molar-refractivity contribution in [3.63, 3.8) is 0 Å². The number of rotatable bonds is 7. The van der Waals surface area contributed by atoms with Crippen LogP contribution in [-0.2, 0) is 0 Å². The highest BCUT2D eigenvalue weighted by atomic mass is 19.3. The Kier molecular flexibility index (Phi) is 7.48. The molecular formula is C30H22F3N3O3. The third-order valence-electron chi connectivity index (χ3n) is 6.43. The van der Waals surface area contributed by atoms with Crippen LogP contribution in [0, 0.1) is 23.0 Å². The zero-order valence-electron chi connectivity index (χ0n) is 20.5. The highest BCUT2D eigenvalue weighted by molar-refractivity contribution is 6.05. The Balaban J connectivity index is 1.45. The van der Waals surface area contributed by atoms with Gasteiger partial charge in [0.1, 0.15) is 11.9 Å². The number of nitrogens with one attached hydrogen (secondary N) is 2. The number of benzene rings is 4. The van der Waals surface area contributed by atoms with Crippen molar-refractivity contribution < 1.29 is 27.8 Å². The van der Waals surface area contributed by atoms with Gasteiger partial charge in [0.05, 0.1) is 11.6 Å². The van der Waals surface area contributed by atoms with E-state index >= 15 is 0 Å². The van der Waals surface area contributed by atoms with Crippen LogP contribution < -0.4 is 20.3 Å². The van der Waals surface area contributed by atoms with E-state index in [-0.39, 0.29) is 28.5 Å². The third-order valence-corrected chi connectivity index (χ3v) is 6.43. The van der Waals surface area contributed by atoms with E-state index in [4.69, 9.17) is 10.00 Å². The van der Waals surface area contributed by atoms with Gasteiger partial charge >= 0.3 is 0 Å². The largest absolute Gasteiger partial charge is 0.488 e. The Morgan fingerprint density at radius 1 is 0.897 bits per heavy atom. The van der Waals surface area contributed by atoms with Gasteiger partial charge in [-0.3, -0.25) is 9.74 Å². The van der Waals surface area contributed by atoms with Crippen LogP contribution in [0.15, 0.2) is 78.9 Å². The van der Waals surface area contributed by atoms with Crippen LogP contribution >= 0.6 is 0 Å². The van der Waals surface area contributed by atoms with Gasteiger partial charge in [-0.15, -0.1) is 0 Å². The topological polar surface area (TPSA) is 83.4 Å². The molecule has 6 nitrogen and oxygen atoms in total. The first kappa shape index (κ1) is 25.8. The van der Waals surface area contributed by atoms with E-state index in [0.717, 1.165) is 42.8 Å². The lowest BCUT2D eigenvalue weighted by Gasteiger charge is -2.18. The summed E-state index contributed by atoms with van der Waals surface area (Å²) in [5.74, 6) is -2.29. The summed E-state index contributed by atoms with van der Waals surface area (Å²) in [6.45, 7) is 1.59. The van der Waals surface area contributed by atoms with Crippen LogP contribution in [0.4, 0.5) is 19.0 Å². The molecule has 1 aliphatic heterocycles. The van der Waals surface area contributed by atoms with E-state index in [9.17, 15) is 18.1 Å². The Hall–Kier alpha value is -4.81. The Labute approximate surface area is 222 Å². The molecule has 0 aliphatic carbocycles. The van der Waals surface area contributed by atoms with Crippen molar-refractivity contribution in [1.29, 1.82) is 5.26 Å². The molecule has 0 radical (unpaired) electrons. The molecule has 1 fully saturated rings. The lowest BCUT2D eigenvalue weighted by Crippen LogP contribution is -2.20. The number of hydrogen-bond donors (Lipinski definition) is 2. The third kappa shape index (κ3) is 5.71. The molecule has 4 aromatic rings. The Morgan fingerprint density at radius 3 is 2.33 bits per heavy atom. The van der Waals surface area contributed by atoms with Gasteiger partial charge in [-0.05, 0) is 84.8 Å². The van der Waals surface area contributed by atoms with Crippen LogP contribution in [0.5, 0.6) is 11.5 Å². The molecule has 196 valence electrons. The molecule has 2 N–H and O–H groups in total. The smallest absolute Gasteiger partial charge is 0.255 e. The monoisotopic (exact) mass is 529 g/mol. The number of nitriles is 1. The number of nitrogens with zero attached hydrogens (tertiary/aromatic N) is 1. The second-order valence-corrected chi connectivity index (χ2v) is 9.00. The van der Waals surface area contributed by atoms with Gasteiger partial charge < -0.3 is 15.4 Å². The fraction of sp³-hybridized carbons (Fsp3) is 0.133. The predicted octanol–water partition coefficient (Wildman–Crippen LogP) is 6.43. The molecular weight excluding hydrogens is 507 g/mol. The van der Waals surface area contributed by atoms with Gasteiger partial charge in [0, 0.05) is 33.4 Å². The Bertz CT molecular complexity index is 1560. The summed E-state index contributed by atoms with van der Waals surface area (Å²) in [5.41, 5.74) is 2.88. The first-order chi connectivity index (χ1) is 18.9. The number of carbonyl (C=O) groups excluding carboxylic acids is 1. The number of hydrogen-bond acceptors (Lipinski definition) is 5. The Morgan fingerprint density at radius 2 is 1.64 bits per heavy atom. The summed E-state index contributed by atoms with van der Waals surface area (Å²) in [4.78, 5) is 17.0. The van der Waals surface area contributed by atoms with Crippen molar-refractivity contribution in [2.75, 3.05) is 18.4 Å². The number of halogens is 3.